The van der Waals surface area contributed by atoms with Crippen LogP contribution in [-0.4, -0.2) is 17.9 Å². The Balaban J connectivity index is 1.77. The highest BCUT2D eigenvalue weighted by molar-refractivity contribution is 5.83. The molecule has 0 unspecified atom stereocenters. The predicted octanol–water partition coefficient (Wildman–Crippen LogP) is 1.56. The van der Waals surface area contributed by atoms with Crippen molar-refractivity contribution in [2.45, 2.75) is 38.2 Å². The maximum atomic E-state index is 12.4. The van der Waals surface area contributed by atoms with Crippen molar-refractivity contribution in [1.82, 2.24) is 5.32 Å². The average molecular weight is 189 g/mol. The Hall–Kier alpha value is -0.670. The van der Waals surface area contributed by atoms with Crippen molar-refractivity contribution in [2.24, 2.45) is 11.8 Å². The van der Waals surface area contributed by atoms with Crippen LogP contribution in [0.4, 0.5) is 8.78 Å². The van der Waals surface area contributed by atoms with Gasteiger partial charge >= 0.3 is 5.92 Å². The molecular weight excluding hydrogens is 176 g/mol. The van der Waals surface area contributed by atoms with Gasteiger partial charge < -0.3 is 5.32 Å². The van der Waals surface area contributed by atoms with E-state index in [9.17, 15) is 13.6 Å². The molecule has 0 aromatic carbocycles. The smallest absolute Gasteiger partial charge is 0.321 e. The average Bonchev–Trinajstić information content (AvgIpc) is 2.77. The lowest BCUT2D eigenvalue weighted by Crippen LogP contribution is -2.39. The van der Waals surface area contributed by atoms with E-state index in [0.29, 0.717) is 18.8 Å². The van der Waals surface area contributed by atoms with E-state index < -0.39 is 11.8 Å². The summed E-state index contributed by atoms with van der Waals surface area (Å²) in [7, 11) is 0. The molecule has 1 N–H and O–H groups in total. The number of rotatable bonds is 3. The van der Waals surface area contributed by atoms with Gasteiger partial charge in [-0.3, -0.25) is 4.79 Å². The van der Waals surface area contributed by atoms with Crippen molar-refractivity contribution in [3.8, 4) is 0 Å². The van der Waals surface area contributed by atoms with Gasteiger partial charge in [-0.15, -0.1) is 0 Å². The zero-order valence-electron chi connectivity index (χ0n) is 7.52. The molecule has 0 heterocycles. The molecule has 13 heavy (non-hydrogen) atoms. The topological polar surface area (TPSA) is 29.1 Å². The number of carbonyl (C=O) groups excluding carboxylic acids is 1. The SMILES string of the molecule is CC(F)(F)C(=O)N[C@@H]1C[C@H]1C1CC1. The second-order valence-corrected chi connectivity index (χ2v) is 4.21. The molecular formula is C9H13F2NO. The molecule has 0 bridgehead atoms. The number of halogens is 2. The molecule has 2 aliphatic rings. The standard InChI is InChI=1S/C9H13F2NO/c1-9(10,11)8(13)12-7-4-6(7)5-2-3-5/h5-7H,2-4H2,1H3,(H,12,13)/t6-,7+/m0/s1. The maximum Gasteiger partial charge on any atom is 0.321 e. The summed E-state index contributed by atoms with van der Waals surface area (Å²) in [4.78, 5) is 10.8. The monoisotopic (exact) mass is 189 g/mol. The number of hydrogen-bond donors (Lipinski definition) is 1. The van der Waals surface area contributed by atoms with Crippen LogP contribution in [0.3, 0.4) is 0 Å². The third-order valence-corrected chi connectivity index (χ3v) is 2.78. The van der Waals surface area contributed by atoms with Gasteiger partial charge in [0, 0.05) is 13.0 Å². The van der Waals surface area contributed by atoms with Gasteiger partial charge in [0.1, 0.15) is 0 Å². The third-order valence-electron chi connectivity index (χ3n) is 2.78. The fourth-order valence-electron chi connectivity index (χ4n) is 1.72. The molecule has 2 aliphatic carbocycles. The maximum absolute atomic E-state index is 12.4. The first-order chi connectivity index (χ1) is 5.98. The Morgan fingerprint density at radius 3 is 2.54 bits per heavy atom. The van der Waals surface area contributed by atoms with Gasteiger partial charge in [0.15, 0.2) is 0 Å². The summed E-state index contributed by atoms with van der Waals surface area (Å²) in [5.74, 6) is -3.15. The van der Waals surface area contributed by atoms with Crippen molar-refractivity contribution in [3.05, 3.63) is 0 Å². The molecule has 2 fully saturated rings. The van der Waals surface area contributed by atoms with E-state index in [0.717, 1.165) is 6.42 Å². The minimum absolute atomic E-state index is 0.0332. The molecule has 0 saturated heterocycles. The molecule has 2 atom stereocenters. The highest BCUT2D eigenvalue weighted by atomic mass is 19.3. The van der Waals surface area contributed by atoms with E-state index in [2.05, 4.69) is 5.32 Å². The van der Waals surface area contributed by atoms with Crippen LogP contribution in [0.1, 0.15) is 26.2 Å². The molecule has 0 spiro atoms. The third kappa shape index (κ3) is 1.98. The summed E-state index contributed by atoms with van der Waals surface area (Å²) in [5, 5.41) is 2.38. The Bertz CT molecular complexity index is 232. The molecule has 0 radical (unpaired) electrons. The molecule has 2 saturated carbocycles. The van der Waals surface area contributed by atoms with Crippen molar-refractivity contribution in [3.63, 3.8) is 0 Å². The Kier molecular flexibility index (Phi) is 1.82. The summed E-state index contributed by atoms with van der Waals surface area (Å²) < 4.78 is 24.9. The van der Waals surface area contributed by atoms with Crippen LogP contribution in [0.25, 0.3) is 0 Å². The van der Waals surface area contributed by atoms with Gasteiger partial charge in [-0.05, 0) is 31.1 Å². The summed E-state index contributed by atoms with van der Waals surface area (Å²) in [6, 6.07) is 0.0332. The number of carbonyl (C=O) groups is 1. The Morgan fingerprint density at radius 1 is 1.46 bits per heavy atom. The Labute approximate surface area is 75.7 Å². The first-order valence-corrected chi connectivity index (χ1v) is 4.67. The molecule has 0 aromatic heterocycles. The fraction of sp³-hybridized carbons (Fsp3) is 0.889. The molecule has 0 aromatic rings. The van der Waals surface area contributed by atoms with Crippen molar-refractivity contribution in [2.75, 3.05) is 0 Å². The molecule has 74 valence electrons. The summed E-state index contributed by atoms with van der Waals surface area (Å²) >= 11 is 0. The minimum atomic E-state index is -3.23. The van der Waals surface area contributed by atoms with Gasteiger partial charge in [0.05, 0.1) is 0 Å². The number of alkyl halides is 2. The zero-order valence-corrected chi connectivity index (χ0v) is 7.52. The van der Waals surface area contributed by atoms with Crippen LogP contribution in [0, 0.1) is 11.8 Å². The predicted molar refractivity (Wildman–Crippen MR) is 43.4 cm³/mol. The first kappa shape index (κ1) is 8.91. The molecule has 0 aliphatic heterocycles. The van der Waals surface area contributed by atoms with Gasteiger partial charge in [0.25, 0.3) is 5.91 Å². The molecule has 2 rings (SSSR count). The molecule has 1 amide bonds. The van der Waals surface area contributed by atoms with Crippen molar-refractivity contribution < 1.29 is 13.6 Å². The van der Waals surface area contributed by atoms with Gasteiger partial charge in [-0.1, -0.05) is 0 Å². The summed E-state index contributed by atoms with van der Waals surface area (Å²) in [5.41, 5.74) is 0. The van der Waals surface area contributed by atoms with Crippen molar-refractivity contribution >= 4 is 5.91 Å². The number of amides is 1. The van der Waals surface area contributed by atoms with Gasteiger partial charge in [0.2, 0.25) is 0 Å². The lowest BCUT2D eigenvalue weighted by molar-refractivity contribution is -0.143. The van der Waals surface area contributed by atoms with Crippen LogP contribution in [-0.2, 0) is 4.79 Å². The Morgan fingerprint density at radius 2 is 2.08 bits per heavy atom. The largest absolute Gasteiger partial charge is 0.348 e. The van der Waals surface area contributed by atoms with E-state index >= 15 is 0 Å². The normalized spacial score (nSPS) is 32.8. The first-order valence-electron chi connectivity index (χ1n) is 4.67. The van der Waals surface area contributed by atoms with E-state index in [1.807, 2.05) is 0 Å². The summed E-state index contributed by atoms with van der Waals surface area (Å²) in [6.07, 6.45) is 3.31. The fourth-order valence-corrected chi connectivity index (χ4v) is 1.72. The number of nitrogens with one attached hydrogen (secondary N) is 1. The van der Waals surface area contributed by atoms with Crippen LogP contribution in [0.15, 0.2) is 0 Å². The van der Waals surface area contributed by atoms with Gasteiger partial charge in [-0.25, -0.2) is 0 Å². The quantitative estimate of drug-likeness (QED) is 0.717. The van der Waals surface area contributed by atoms with E-state index in [4.69, 9.17) is 0 Å². The highest BCUT2D eigenvalue weighted by Gasteiger charge is 2.49. The summed E-state index contributed by atoms with van der Waals surface area (Å²) in [6.45, 7) is 0.636. The van der Waals surface area contributed by atoms with Gasteiger partial charge in [-0.2, -0.15) is 8.78 Å². The second-order valence-electron chi connectivity index (χ2n) is 4.21. The van der Waals surface area contributed by atoms with E-state index in [1.54, 1.807) is 0 Å². The number of hydrogen-bond acceptors (Lipinski definition) is 1. The molecule has 4 heteroatoms. The highest BCUT2D eigenvalue weighted by Crippen LogP contribution is 2.50. The lowest BCUT2D eigenvalue weighted by atomic mass is 10.2. The van der Waals surface area contributed by atoms with E-state index in [1.165, 1.54) is 12.8 Å². The van der Waals surface area contributed by atoms with Crippen LogP contribution in [0.5, 0.6) is 0 Å². The van der Waals surface area contributed by atoms with Crippen LogP contribution < -0.4 is 5.32 Å². The minimum Gasteiger partial charge on any atom is -0.348 e. The van der Waals surface area contributed by atoms with Crippen LogP contribution in [0.2, 0.25) is 0 Å². The second kappa shape index (κ2) is 2.66. The zero-order chi connectivity index (χ0) is 9.64. The van der Waals surface area contributed by atoms with E-state index in [-0.39, 0.29) is 6.04 Å². The lowest BCUT2D eigenvalue weighted by Gasteiger charge is -2.10. The van der Waals surface area contributed by atoms with Crippen LogP contribution >= 0.6 is 0 Å². The molecule has 2 nitrogen and oxygen atoms in total. The van der Waals surface area contributed by atoms with Crippen molar-refractivity contribution in [1.29, 1.82) is 0 Å².